The number of nitrogens with zero attached hydrogens (tertiary/aromatic N) is 1. The smallest absolute Gasteiger partial charge is 0.416 e. The summed E-state index contributed by atoms with van der Waals surface area (Å²) in [6.07, 6.45) is -4.58. The molecule has 0 saturated heterocycles. The van der Waals surface area contributed by atoms with Gasteiger partial charge in [-0.05, 0) is 60.9 Å². The lowest BCUT2D eigenvalue weighted by Crippen LogP contribution is -2.29. The van der Waals surface area contributed by atoms with Crippen molar-refractivity contribution in [3.8, 4) is 0 Å². The number of rotatable bonds is 2. The Bertz CT molecular complexity index is 1470. The van der Waals surface area contributed by atoms with Crippen molar-refractivity contribution in [2.75, 3.05) is 4.90 Å². The molecule has 0 spiro atoms. The van der Waals surface area contributed by atoms with E-state index in [4.69, 9.17) is 4.42 Å². The van der Waals surface area contributed by atoms with Crippen molar-refractivity contribution in [1.29, 1.82) is 0 Å². The van der Waals surface area contributed by atoms with Crippen LogP contribution in [0.3, 0.4) is 0 Å². The zero-order valence-electron chi connectivity index (χ0n) is 17.7. The molecule has 0 radical (unpaired) electrons. The molecule has 0 saturated carbocycles. The summed E-state index contributed by atoms with van der Waals surface area (Å²) in [7, 11) is 0. The topological polar surface area (TPSA) is 50.5 Å². The largest absolute Gasteiger partial charge is 0.450 e. The second-order valence-electron chi connectivity index (χ2n) is 8.14. The van der Waals surface area contributed by atoms with Crippen LogP contribution in [0.5, 0.6) is 0 Å². The van der Waals surface area contributed by atoms with Crippen LogP contribution in [0.25, 0.3) is 11.0 Å². The third kappa shape index (κ3) is 3.31. The van der Waals surface area contributed by atoms with E-state index in [0.717, 1.165) is 23.3 Å². The summed E-state index contributed by atoms with van der Waals surface area (Å²) >= 11 is 0. The number of fused-ring (bicyclic) bond motifs is 2. The molecule has 0 fully saturated rings. The number of halogens is 3. The van der Waals surface area contributed by atoms with Crippen molar-refractivity contribution < 1.29 is 22.4 Å². The van der Waals surface area contributed by atoms with E-state index in [-0.39, 0.29) is 28.0 Å². The van der Waals surface area contributed by atoms with Crippen LogP contribution in [0, 0.1) is 13.8 Å². The Hall–Kier alpha value is -3.87. The van der Waals surface area contributed by atoms with Gasteiger partial charge >= 0.3 is 6.18 Å². The van der Waals surface area contributed by atoms with E-state index in [1.807, 2.05) is 13.8 Å². The van der Waals surface area contributed by atoms with Crippen molar-refractivity contribution in [3.63, 3.8) is 0 Å². The number of hydrogen-bond acceptors (Lipinski definition) is 3. The van der Waals surface area contributed by atoms with Gasteiger partial charge in [0.15, 0.2) is 5.43 Å². The molecule has 5 rings (SSSR count). The van der Waals surface area contributed by atoms with Crippen molar-refractivity contribution in [1.82, 2.24) is 0 Å². The molecule has 3 aromatic carbocycles. The van der Waals surface area contributed by atoms with E-state index >= 15 is 0 Å². The second-order valence-corrected chi connectivity index (χ2v) is 8.14. The molecule has 166 valence electrons. The molecule has 4 nitrogen and oxygen atoms in total. The van der Waals surface area contributed by atoms with E-state index in [9.17, 15) is 22.8 Å². The number of amides is 1. The minimum Gasteiger partial charge on any atom is -0.450 e. The molecule has 1 aromatic heterocycles. The van der Waals surface area contributed by atoms with Crippen molar-refractivity contribution >= 4 is 22.6 Å². The highest BCUT2D eigenvalue weighted by atomic mass is 19.4. The number of alkyl halides is 3. The molecule has 2 heterocycles. The lowest BCUT2D eigenvalue weighted by atomic mass is 9.97. The van der Waals surface area contributed by atoms with Crippen LogP contribution >= 0.6 is 0 Å². The SMILES string of the molecule is Cc1cc2oc3c(c(=O)c2cc1C)C(c1ccccc1)N(c1cccc(C(F)(F)F)c1)C3=O. The number of anilines is 1. The molecule has 0 aliphatic carbocycles. The Morgan fingerprint density at radius 1 is 0.879 bits per heavy atom. The van der Waals surface area contributed by atoms with Gasteiger partial charge in [0.1, 0.15) is 5.58 Å². The molecule has 0 N–H and O–H groups in total. The summed E-state index contributed by atoms with van der Waals surface area (Å²) in [5.74, 6) is -0.808. The monoisotopic (exact) mass is 449 g/mol. The molecule has 33 heavy (non-hydrogen) atoms. The molecule has 4 aromatic rings. The van der Waals surface area contributed by atoms with Gasteiger partial charge < -0.3 is 4.42 Å². The normalized spacial score (nSPS) is 15.8. The molecule has 1 atom stereocenters. The molecular weight excluding hydrogens is 431 g/mol. The van der Waals surface area contributed by atoms with Gasteiger partial charge in [-0.25, -0.2) is 0 Å². The van der Waals surface area contributed by atoms with Gasteiger partial charge in [0.25, 0.3) is 5.91 Å². The number of aryl methyl sites for hydroxylation is 2. The zero-order chi connectivity index (χ0) is 23.5. The summed E-state index contributed by atoms with van der Waals surface area (Å²) in [6, 6.07) is 15.8. The van der Waals surface area contributed by atoms with Gasteiger partial charge in [-0.3, -0.25) is 14.5 Å². The van der Waals surface area contributed by atoms with Crippen LogP contribution in [0.15, 0.2) is 75.9 Å². The van der Waals surface area contributed by atoms with Crippen LogP contribution < -0.4 is 10.3 Å². The fourth-order valence-electron chi connectivity index (χ4n) is 4.28. The Labute approximate surface area is 186 Å². The number of carbonyl (C=O) groups excluding carboxylic acids is 1. The number of hydrogen-bond donors (Lipinski definition) is 0. The summed E-state index contributed by atoms with van der Waals surface area (Å²) in [4.78, 5) is 28.3. The third-order valence-corrected chi connectivity index (χ3v) is 6.05. The Kier molecular flexibility index (Phi) is 4.67. The van der Waals surface area contributed by atoms with Crippen LogP contribution in [-0.2, 0) is 6.18 Å². The van der Waals surface area contributed by atoms with Crippen LogP contribution in [0.1, 0.15) is 44.4 Å². The van der Waals surface area contributed by atoms with Crippen molar-refractivity contribution in [2.45, 2.75) is 26.1 Å². The summed E-state index contributed by atoms with van der Waals surface area (Å²) in [6.45, 7) is 3.74. The van der Waals surface area contributed by atoms with Crippen molar-refractivity contribution in [2.24, 2.45) is 0 Å². The van der Waals surface area contributed by atoms with Crippen LogP contribution in [0.2, 0.25) is 0 Å². The van der Waals surface area contributed by atoms with E-state index in [2.05, 4.69) is 0 Å². The number of carbonyl (C=O) groups is 1. The molecule has 0 bridgehead atoms. The maximum absolute atomic E-state index is 13.6. The molecule has 1 amide bonds. The average molecular weight is 449 g/mol. The molecule has 1 aliphatic heterocycles. The first-order valence-electron chi connectivity index (χ1n) is 10.3. The molecule has 7 heteroatoms. The summed E-state index contributed by atoms with van der Waals surface area (Å²) in [5.41, 5.74) is 1.56. The molecule has 1 unspecified atom stereocenters. The average Bonchev–Trinajstić information content (AvgIpc) is 3.08. The first-order chi connectivity index (χ1) is 15.7. The Morgan fingerprint density at radius 2 is 1.58 bits per heavy atom. The summed E-state index contributed by atoms with van der Waals surface area (Å²) in [5, 5.41) is 0.330. The lowest BCUT2D eigenvalue weighted by Gasteiger charge is -2.26. The fourth-order valence-corrected chi connectivity index (χ4v) is 4.28. The van der Waals surface area contributed by atoms with Gasteiger partial charge in [-0.1, -0.05) is 36.4 Å². The minimum atomic E-state index is -4.58. The summed E-state index contributed by atoms with van der Waals surface area (Å²) < 4.78 is 46.1. The quantitative estimate of drug-likeness (QED) is 0.367. The Morgan fingerprint density at radius 3 is 2.27 bits per heavy atom. The highest BCUT2D eigenvalue weighted by Gasteiger charge is 2.44. The molecular formula is C26H18F3NO3. The van der Waals surface area contributed by atoms with Gasteiger partial charge in [0.05, 0.1) is 22.6 Å². The highest BCUT2D eigenvalue weighted by molar-refractivity contribution is 6.10. The van der Waals surface area contributed by atoms with Gasteiger partial charge in [0, 0.05) is 5.69 Å². The first-order valence-corrected chi connectivity index (χ1v) is 10.3. The minimum absolute atomic E-state index is 0.0332. The highest BCUT2D eigenvalue weighted by Crippen LogP contribution is 2.42. The number of benzene rings is 3. The predicted octanol–water partition coefficient (Wildman–Crippen LogP) is 6.18. The second kappa shape index (κ2) is 7.33. The third-order valence-electron chi connectivity index (χ3n) is 6.05. The van der Waals surface area contributed by atoms with Gasteiger partial charge in [0.2, 0.25) is 5.76 Å². The fraction of sp³-hybridized carbons (Fsp3) is 0.154. The van der Waals surface area contributed by atoms with E-state index in [0.29, 0.717) is 10.9 Å². The standard InChI is InChI=1S/C26H18F3NO3/c1-14-11-19-20(12-15(14)2)33-24-21(23(19)31)22(16-7-4-3-5-8-16)30(25(24)32)18-10-6-9-17(13-18)26(27,28)29/h3-13,22H,1-2H3. The van der Waals surface area contributed by atoms with Gasteiger partial charge in [-0.15, -0.1) is 0 Å². The van der Waals surface area contributed by atoms with Crippen LogP contribution in [0.4, 0.5) is 18.9 Å². The van der Waals surface area contributed by atoms with Gasteiger partial charge in [-0.2, -0.15) is 13.2 Å². The Balaban J connectivity index is 1.80. The zero-order valence-corrected chi connectivity index (χ0v) is 17.7. The van der Waals surface area contributed by atoms with Crippen molar-refractivity contribution in [3.05, 3.63) is 111 Å². The van der Waals surface area contributed by atoms with E-state index in [1.165, 1.54) is 17.0 Å². The van der Waals surface area contributed by atoms with E-state index in [1.54, 1.807) is 42.5 Å². The lowest BCUT2D eigenvalue weighted by molar-refractivity contribution is -0.137. The van der Waals surface area contributed by atoms with E-state index < -0.39 is 23.7 Å². The predicted molar refractivity (Wildman–Crippen MR) is 118 cm³/mol. The first kappa shape index (κ1) is 21.0. The van der Waals surface area contributed by atoms with Crippen LogP contribution in [-0.4, -0.2) is 5.91 Å². The molecule has 1 aliphatic rings. The maximum Gasteiger partial charge on any atom is 0.416 e. The maximum atomic E-state index is 13.6.